The molecule has 9 nitrogen and oxygen atoms in total. The number of hydrogen-bond acceptors (Lipinski definition) is 6. The topological polar surface area (TPSA) is 148 Å². The molecule has 0 unspecified atom stereocenters. The molecule has 4 rings (SSSR count). The Hall–Kier alpha value is -3.89. The van der Waals surface area contributed by atoms with Gasteiger partial charge in [-0.15, -0.1) is 0 Å². The van der Waals surface area contributed by atoms with E-state index in [2.05, 4.69) is 5.16 Å². The Bertz CT molecular complexity index is 1400. The summed E-state index contributed by atoms with van der Waals surface area (Å²) in [7, 11) is -3.90. The average molecular weight is 537 g/mol. The normalized spacial score (nSPS) is 14.7. The van der Waals surface area contributed by atoms with Crippen molar-refractivity contribution in [3.05, 3.63) is 83.9 Å². The molecule has 1 fully saturated rings. The van der Waals surface area contributed by atoms with E-state index < -0.39 is 16.1 Å². The van der Waals surface area contributed by atoms with Crippen molar-refractivity contribution in [3.8, 4) is 16.9 Å². The minimum atomic E-state index is -3.90. The van der Waals surface area contributed by atoms with Gasteiger partial charge in [0.05, 0.1) is 4.90 Å². The zero-order valence-corrected chi connectivity index (χ0v) is 21.8. The van der Waals surface area contributed by atoms with Crippen LogP contribution < -0.4 is 15.6 Å². The quantitative estimate of drug-likeness (QED) is 0.165. The Morgan fingerprint density at radius 1 is 1.00 bits per heavy atom. The number of amidine groups is 1. The highest BCUT2D eigenvalue weighted by Gasteiger charge is 2.23. The molecular formula is C28H32N4O5S. The number of benzene rings is 3. The van der Waals surface area contributed by atoms with E-state index >= 15 is 0 Å². The number of rotatable bonds is 8. The molecule has 3 aromatic rings. The number of carbonyl (C=O) groups excluding carboxylic acids is 1. The molecule has 0 bridgehead atoms. The highest BCUT2D eigenvalue weighted by atomic mass is 32.2. The largest absolute Gasteiger partial charge is 0.415 e. The zero-order valence-electron chi connectivity index (χ0n) is 21.0. The minimum absolute atomic E-state index is 0.00245. The smallest absolute Gasteiger partial charge is 0.410 e. The van der Waals surface area contributed by atoms with Crippen LogP contribution in [-0.2, 0) is 16.6 Å². The molecule has 1 saturated carbocycles. The summed E-state index contributed by atoms with van der Waals surface area (Å²) in [5, 5.41) is 17.4. The number of primary sulfonamides is 1. The number of oxime groups is 1. The highest BCUT2D eigenvalue weighted by Crippen LogP contribution is 2.29. The zero-order chi connectivity index (χ0) is 27.1. The summed E-state index contributed by atoms with van der Waals surface area (Å²) >= 11 is 0. The third-order valence-electron chi connectivity index (χ3n) is 6.73. The van der Waals surface area contributed by atoms with Crippen LogP contribution >= 0.6 is 0 Å². The van der Waals surface area contributed by atoms with E-state index in [-0.39, 0.29) is 10.7 Å². The predicted molar refractivity (Wildman–Crippen MR) is 145 cm³/mol. The lowest BCUT2D eigenvalue weighted by Crippen LogP contribution is -2.37. The minimum Gasteiger partial charge on any atom is -0.410 e. The van der Waals surface area contributed by atoms with Crippen molar-refractivity contribution < 1.29 is 23.2 Å². The Morgan fingerprint density at radius 2 is 1.71 bits per heavy atom. The molecule has 0 radical (unpaired) electrons. The summed E-state index contributed by atoms with van der Waals surface area (Å²) in [6.45, 7) is 0.869. The number of hydrogen-bond donors (Lipinski definition) is 3. The summed E-state index contributed by atoms with van der Waals surface area (Å²) in [6.07, 6.45) is 5.15. The predicted octanol–water partition coefficient (Wildman–Crippen LogP) is 4.68. The molecule has 1 aliphatic rings. The molecule has 3 aromatic carbocycles. The molecule has 10 heteroatoms. The lowest BCUT2D eigenvalue weighted by atomic mass is 9.89. The van der Waals surface area contributed by atoms with Crippen LogP contribution in [0, 0.1) is 5.92 Å². The first-order chi connectivity index (χ1) is 18.2. The van der Waals surface area contributed by atoms with Gasteiger partial charge in [0.2, 0.25) is 10.0 Å². The summed E-state index contributed by atoms with van der Waals surface area (Å²) in [4.78, 5) is 15.0. The van der Waals surface area contributed by atoms with Crippen LogP contribution in [-0.4, -0.2) is 37.0 Å². The van der Waals surface area contributed by atoms with E-state index in [0.717, 1.165) is 31.2 Å². The van der Waals surface area contributed by atoms with Crippen molar-refractivity contribution in [2.45, 2.75) is 43.5 Å². The maximum Gasteiger partial charge on any atom is 0.415 e. The fraction of sp³-hybridized carbons (Fsp3) is 0.286. The van der Waals surface area contributed by atoms with Crippen LogP contribution in [0.4, 0.5) is 4.79 Å². The van der Waals surface area contributed by atoms with E-state index in [4.69, 9.17) is 20.8 Å². The van der Waals surface area contributed by atoms with Gasteiger partial charge in [-0.3, -0.25) is 0 Å². The molecule has 0 spiro atoms. The maximum atomic E-state index is 13.3. The van der Waals surface area contributed by atoms with Crippen molar-refractivity contribution in [1.82, 2.24) is 4.90 Å². The molecule has 38 heavy (non-hydrogen) atoms. The van der Waals surface area contributed by atoms with E-state index in [0.29, 0.717) is 41.4 Å². The van der Waals surface area contributed by atoms with Crippen molar-refractivity contribution >= 4 is 22.0 Å². The molecule has 200 valence electrons. The Balaban J connectivity index is 1.53. The van der Waals surface area contributed by atoms with Gasteiger partial charge in [-0.2, -0.15) is 0 Å². The summed E-state index contributed by atoms with van der Waals surface area (Å²) in [5.74, 6) is 0.726. The fourth-order valence-corrected chi connectivity index (χ4v) is 5.57. The van der Waals surface area contributed by atoms with Crippen LogP contribution in [0.15, 0.2) is 82.8 Å². The molecule has 0 atom stereocenters. The second-order valence-electron chi connectivity index (χ2n) is 9.50. The van der Waals surface area contributed by atoms with Crippen molar-refractivity contribution in [2.24, 2.45) is 21.9 Å². The lowest BCUT2D eigenvalue weighted by Gasteiger charge is -2.29. The van der Waals surface area contributed by atoms with Gasteiger partial charge in [0.15, 0.2) is 5.84 Å². The Kier molecular flexibility index (Phi) is 8.65. The van der Waals surface area contributed by atoms with Crippen molar-refractivity contribution in [3.63, 3.8) is 0 Å². The molecule has 0 aliphatic heterocycles. The Morgan fingerprint density at radius 3 is 2.39 bits per heavy atom. The van der Waals surface area contributed by atoms with Crippen LogP contribution in [0.1, 0.15) is 43.2 Å². The van der Waals surface area contributed by atoms with Gasteiger partial charge in [-0.1, -0.05) is 72.9 Å². The first-order valence-electron chi connectivity index (χ1n) is 12.5. The van der Waals surface area contributed by atoms with E-state index in [1.54, 1.807) is 65.6 Å². The van der Waals surface area contributed by atoms with Gasteiger partial charge in [-0.05, 0) is 54.2 Å². The van der Waals surface area contributed by atoms with Gasteiger partial charge in [0, 0.05) is 24.2 Å². The first kappa shape index (κ1) is 27.2. The van der Waals surface area contributed by atoms with Gasteiger partial charge in [-0.25, -0.2) is 18.4 Å². The van der Waals surface area contributed by atoms with E-state index in [1.165, 1.54) is 12.5 Å². The first-order valence-corrected chi connectivity index (χ1v) is 14.0. The van der Waals surface area contributed by atoms with E-state index in [9.17, 15) is 13.2 Å². The van der Waals surface area contributed by atoms with Crippen LogP contribution in [0.25, 0.3) is 11.1 Å². The fourth-order valence-electron chi connectivity index (χ4n) is 4.81. The number of sulfonamides is 1. The number of carbonyl (C=O) groups is 1. The second kappa shape index (κ2) is 12.1. The van der Waals surface area contributed by atoms with Gasteiger partial charge in [0.1, 0.15) is 5.75 Å². The molecule has 1 aliphatic carbocycles. The molecular weight excluding hydrogens is 504 g/mol. The number of nitrogens with zero attached hydrogens (tertiary/aromatic N) is 2. The summed E-state index contributed by atoms with van der Waals surface area (Å²) < 4.78 is 29.7. The van der Waals surface area contributed by atoms with Gasteiger partial charge >= 0.3 is 6.09 Å². The van der Waals surface area contributed by atoms with Crippen LogP contribution in [0.2, 0.25) is 0 Å². The van der Waals surface area contributed by atoms with Crippen LogP contribution in [0.3, 0.4) is 0 Å². The van der Waals surface area contributed by atoms with Crippen LogP contribution in [0.5, 0.6) is 5.75 Å². The van der Waals surface area contributed by atoms with Crippen molar-refractivity contribution in [2.75, 3.05) is 6.54 Å². The maximum absolute atomic E-state index is 13.3. The standard InChI is InChI=1S/C28H32N4O5S/c29-27(31-34)23-10-6-9-21(17-23)19-32(18-20-7-2-1-3-8-20)28(33)37-24-15-13-22(14-16-24)25-11-4-5-12-26(25)38(30,35)36/h4-6,9-17,20,34H,1-3,7-8,18-19H2,(H2,29,31)(H2,30,35,36). The molecule has 1 amide bonds. The lowest BCUT2D eigenvalue weighted by molar-refractivity contribution is 0.134. The SMILES string of the molecule is NC(=NO)c1cccc(CN(CC2CCCCC2)C(=O)Oc2ccc(-c3ccccc3S(N)(=O)=O)cc2)c1. The highest BCUT2D eigenvalue weighted by molar-refractivity contribution is 7.89. The molecule has 0 aromatic heterocycles. The van der Waals surface area contributed by atoms with Crippen molar-refractivity contribution in [1.29, 1.82) is 0 Å². The van der Waals surface area contributed by atoms with Gasteiger partial charge < -0.3 is 20.6 Å². The second-order valence-corrected chi connectivity index (χ2v) is 11.0. The monoisotopic (exact) mass is 536 g/mol. The third-order valence-corrected chi connectivity index (χ3v) is 7.70. The molecule has 5 N–H and O–H groups in total. The van der Waals surface area contributed by atoms with Gasteiger partial charge in [0.25, 0.3) is 0 Å². The molecule has 0 saturated heterocycles. The summed E-state index contributed by atoms with van der Waals surface area (Å²) in [5.41, 5.74) is 8.24. The summed E-state index contributed by atoms with van der Waals surface area (Å²) in [6, 6.07) is 20.3. The third kappa shape index (κ3) is 6.90. The number of amides is 1. The Labute approximate surface area is 222 Å². The average Bonchev–Trinajstić information content (AvgIpc) is 2.93. The number of nitrogens with two attached hydrogens (primary N) is 2. The van der Waals surface area contributed by atoms with E-state index in [1.807, 2.05) is 6.07 Å². The number of ether oxygens (including phenoxy) is 1. The molecule has 0 heterocycles.